The molecule has 0 bridgehead atoms. The van der Waals surface area contributed by atoms with Gasteiger partial charge in [-0.3, -0.25) is 24.7 Å². The molecular weight excluding hydrogens is 420 g/mol. The fourth-order valence-corrected chi connectivity index (χ4v) is 3.42. The van der Waals surface area contributed by atoms with Gasteiger partial charge in [-0.25, -0.2) is 0 Å². The van der Waals surface area contributed by atoms with Crippen LogP contribution in [0.4, 0.5) is 6.01 Å². The first-order chi connectivity index (χ1) is 16.0. The van der Waals surface area contributed by atoms with E-state index >= 15 is 0 Å². The van der Waals surface area contributed by atoms with Gasteiger partial charge in [0.15, 0.2) is 0 Å². The first-order valence-corrected chi connectivity index (χ1v) is 10.2. The van der Waals surface area contributed by atoms with E-state index in [2.05, 4.69) is 15.3 Å². The lowest BCUT2D eigenvalue weighted by molar-refractivity contribution is -0.137. The van der Waals surface area contributed by atoms with E-state index in [1.165, 1.54) is 6.20 Å². The Morgan fingerprint density at radius 2 is 1.64 bits per heavy atom. The zero-order chi connectivity index (χ0) is 23.2. The van der Waals surface area contributed by atoms with Crippen LogP contribution in [-0.2, 0) is 16.0 Å². The van der Waals surface area contributed by atoms with Crippen LogP contribution in [-0.4, -0.2) is 27.6 Å². The highest BCUT2D eigenvalue weighted by molar-refractivity contribution is 6.37. The smallest absolute Gasteiger partial charge is 0.302 e. The first kappa shape index (κ1) is 21.6. The summed E-state index contributed by atoms with van der Waals surface area (Å²) < 4.78 is 5.87. The zero-order valence-corrected chi connectivity index (χ0v) is 17.5. The number of aromatic nitrogens is 2. The normalized spacial score (nSPS) is 11.5. The van der Waals surface area contributed by atoms with Crippen molar-refractivity contribution in [3.05, 3.63) is 102 Å². The van der Waals surface area contributed by atoms with Gasteiger partial charge >= 0.3 is 6.01 Å². The average Bonchev–Trinajstić information content (AvgIpc) is 3.27. The average molecular weight is 440 g/mol. The number of pyridine rings is 1. The summed E-state index contributed by atoms with van der Waals surface area (Å²) >= 11 is 0. The monoisotopic (exact) mass is 440 g/mol. The maximum atomic E-state index is 12.8. The molecule has 2 aromatic carbocycles. The number of hydrogen-bond acceptors (Lipinski definition) is 6. The van der Waals surface area contributed by atoms with Crippen LogP contribution < -0.4 is 11.1 Å². The third-order valence-electron chi connectivity index (χ3n) is 5.00. The number of hydrogen-bond donors (Lipinski definition) is 2. The van der Waals surface area contributed by atoms with Gasteiger partial charge in [0.1, 0.15) is 11.5 Å². The Balaban J connectivity index is 1.77. The van der Waals surface area contributed by atoms with Gasteiger partial charge < -0.3 is 10.2 Å². The van der Waals surface area contributed by atoms with Crippen molar-refractivity contribution in [3.8, 4) is 11.3 Å². The molecule has 0 spiro atoms. The van der Waals surface area contributed by atoms with Crippen LogP contribution in [0.2, 0.25) is 0 Å². The second-order valence-electron chi connectivity index (χ2n) is 7.26. The van der Waals surface area contributed by atoms with Crippen LogP contribution in [0.1, 0.15) is 27.6 Å². The van der Waals surface area contributed by atoms with Crippen molar-refractivity contribution in [1.29, 1.82) is 0 Å². The third-order valence-corrected chi connectivity index (χ3v) is 5.00. The lowest BCUT2D eigenvalue weighted by Crippen LogP contribution is -2.30. The molecule has 1 unspecified atom stereocenters. The summed E-state index contributed by atoms with van der Waals surface area (Å²) in [5, 5.41) is 2.59. The number of oxazole rings is 1. The molecule has 8 nitrogen and oxygen atoms in total. The Hall–Kier alpha value is -4.59. The zero-order valence-electron chi connectivity index (χ0n) is 17.5. The molecule has 4 rings (SSSR count). The van der Waals surface area contributed by atoms with E-state index in [1.807, 2.05) is 48.5 Å². The highest BCUT2D eigenvalue weighted by Gasteiger charge is 2.33. The van der Waals surface area contributed by atoms with Crippen LogP contribution in [0.5, 0.6) is 0 Å². The predicted octanol–water partition coefficient (Wildman–Crippen LogP) is 3.37. The molecule has 8 heteroatoms. The van der Waals surface area contributed by atoms with Crippen LogP contribution >= 0.6 is 0 Å². The molecule has 0 radical (unpaired) electrons. The Bertz CT molecular complexity index is 1270. The van der Waals surface area contributed by atoms with Gasteiger partial charge in [-0.05, 0) is 24.1 Å². The predicted molar refractivity (Wildman–Crippen MR) is 121 cm³/mol. The van der Waals surface area contributed by atoms with Gasteiger partial charge in [0.05, 0.1) is 11.5 Å². The Labute approximate surface area is 189 Å². The summed E-state index contributed by atoms with van der Waals surface area (Å²) in [5.74, 6) is -3.23. The summed E-state index contributed by atoms with van der Waals surface area (Å²) in [5.41, 5.74) is 7.48. The molecule has 3 N–H and O–H groups in total. The molecule has 0 aliphatic rings. The second kappa shape index (κ2) is 9.69. The third kappa shape index (κ3) is 5.01. The van der Waals surface area contributed by atoms with Crippen molar-refractivity contribution in [1.82, 2.24) is 9.97 Å². The van der Waals surface area contributed by atoms with E-state index in [0.29, 0.717) is 16.8 Å². The van der Waals surface area contributed by atoms with Gasteiger partial charge in [0.25, 0.3) is 11.8 Å². The van der Waals surface area contributed by atoms with Crippen LogP contribution in [0.15, 0.2) is 89.6 Å². The number of carbonyl (C=O) groups is 3. The molecule has 0 saturated heterocycles. The number of Topliss-reactive ketones (excluding diaryl/α,β-unsaturated/α-hetero) is 1. The van der Waals surface area contributed by atoms with Crippen LogP contribution in [0.25, 0.3) is 11.3 Å². The van der Waals surface area contributed by atoms with Crippen molar-refractivity contribution in [3.63, 3.8) is 0 Å². The molecule has 2 aromatic heterocycles. The van der Waals surface area contributed by atoms with Crippen molar-refractivity contribution >= 4 is 23.6 Å². The summed E-state index contributed by atoms with van der Waals surface area (Å²) in [4.78, 5) is 45.6. The Morgan fingerprint density at radius 1 is 0.939 bits per heavy atom. The van der Waals surface area contributed by atoms with E-state index in [4.69, 9.17) is 10.2 Å². The Morgan fingerprint density at radius 3 is 2.27 bits per heavy atom. The van der Waals surface area contributed by atoms with Gasteiger partial charge in [-0.15, -0.1) is 0 Å². The van der Waals surface area contributed by atoms with Crippen molar-refractivity contribution in [2.75, 3.05) is 5.32 Å². The summed E-state index contributed by atoms with van der Waals surface area (Å²) in [7, 11) is 0. The number of carbonyl (C=O) groups excluding carboxylic acids is 3. The largest absolute Gasteiger partial charge is 0.427 e. The Kier molecular flexibility index (Phi) is 6.36. The molecule has 2 heterocycles. The molecule has 4 aromatic rings. The number of rotatable bonds is 8. The molecule has 33 heavy (non-hydrogen) atoms. The number of benzene rings is 2. The molecule has 164 valence electrons. The molecule has 0 aliphatic carbocycles. The number of ketones is 1. The van der Waals surface area contributed by atoms with Gasteiger partial charge in [-0.1, -0.05) is 60.7 Å². The molecule has 0 aliphatic heterocycles. The summed E-state index contributed by atoms with van der Waals surface area (Å²) in [6, 6.07) is 21.4. The van der Waals surface area contributed by atoms with E-state index < -0.39 is 23.5 Å². The molecule has 0 fully saturated rings. The minimum atomic E-state index is -1.08. The van der Waals surface area contributed by atoms with Gasteiger partial charge in [0.2, 0.25) is 5.78 Å². The fourth-order valence-electron chi connectivity index (χ4n) is 3.42. The SMILES string of the molecule is NC(=O)C(=O)C(Cc1ccccc1)c1oc(NC(=O)c2cccnc2)nc1-c1ccccc1. The van der Waals surface area contributed by atoms with E-state index in [9.17, 15) is 14.4 Å². The highest BCUT2D eigenvalue weighted by atomic mass is 16.4. The van der Waals surface area contributed by atoms with E-state index in [1.54, 1.807) is 30.5 Å². The first-order valence-electron chi connectivity index (χ1n) is 10.2. The lowest BCUT2D eigenvalue weighted by atomic mass is 9.90. The topological polar surface area (TPSA) is 128 Å². The molecule has 2 amide bonds. The minimum absolute atomic E-state index is 0.104. The van der Waals surface area contributed by atoms with Crippen LogP contribution in [0, 0.1) is 0 Å². The lowest BCUT2D eigenvalue weighted by Gasteiger charge is -2.13. The number of amides is 2. The maximum absolute atomic E-state index is 12.8. The quantitative estimate of drug-likeness (QED) is 0.404. The summed E-state index contributed by atoms with van der Waals surface area (Å²) in [6.07, 6.45) is 3.14. The minimum Gasteiger partial charge on any atom is -0.427 e. The number of nitrogens with two attached hydrogens (primary N) is 1. The van der Waals surface area contributed by atoms with Crippen molar-refractivity contribution in [2.24, 2.45) is 5.73 Å². The van der Waals surface area contributed by atoms with Gasteiger partial charge in [-0.2, -0.15) is 4.98 Å². The number of nitrogens with zero attached hydrogens (tertiary/aromatic N) is 2. The van der Waals surface area contributed by atoms with E-state index in [0.717, 1.165) is 5.56 Å². The molecule has 1 atom stereocenters. The maximum Gasteiger partial charge on any atom is 0.302 e. The number of nitrogens with one attached hydrogen (secondary N) is 1. The number of anilines is 1. The van der Waals surface area contributed by atoms with E-state index in [-0.39, 0.29) is 18.2 Å². The second-order valence-corrected chi connectivity index (χ2v) is 7.26. The molecular formula is C25H20N4O4. The standard InChI is InChI=1S/C25H20N4O4/c26-23(31)21(30)19(14-16-8-3-1-4-9-16)22-20(17-10-5-2-6-11-17)28-25(33-22)29-24(32)18-12-7-13-27-15-18/h1-13,15,19H,14H2,(H2,26,31)(H,28,29,32). The highest BCUT2D eigenvalue weighted by Crippen LogP contribution is 2.34. The van der Waals surface area contributed by atoms with Crippen LogP contribution in [0.3, 0.4) is 0 Å². The number of primary amides is 1. The summed E-state index contributed by atoms with van der Waals surface area (Å²) in [6.45, 7) is 0. The molecule has 0 saturated carbocycles. The van der Waals surface area contributed by atoms with Gasteiger partial charge in [0, 0.05) is 18.0 Å². The van der Waals surface area contributed by atoms with Crippen molar-refractivity contribution < 1.29 is 18.8 Å². The fraction of sp³-hybridized carbons (Fsp3) is 0.0800. The van der Waals surface area contributed by atoms with Crippen molar-refractivity contribution in [2.45, 2.75) is 12.3 Å².